The summed E-state index contributed by atoms with van der Waals surface area (Å²) in [7, 11) is -4.49. The predicted octanol–water partition coefficient (Wildman–Crippen LogP) is -0.295. The Kier molecular flexibility index (Phi) is 6.97. The van der Waals surface area contributed by atoms with Gasteiger partial charge in [-0.15, -0.1) is 5.06 Å². The van der Waals surface area contributed by atoms with Crippen LogP contribution in [0.3, 0.4) is 0 Å². The van der Waals surface area contributed by atoms with Crippen LogP contribution >= 0.6 is 0 Å². The van der Waals surface area contributed by atoms with E-state index in [0.29, 0.717) is 12.8 Å². The molecular weight excluding hydrogens is 406 g/mol. The molecule has 3 N–H and O–H groups in total. The van der Waals surface area contributed by atoms with Gasteiger partial charge in [0.05, 0.1) is 30.7 Å². The summed E-state index contributed by atoms with van der Waals surface area (Å²) in [5.41, 5.74) is 3.86. The number of carbonyl (C=O) groups excluding carboxylic acids is 2. The van der Waals surface area contributed by atoms with Crippen molar-refractivity contribution in [2.45, 2.75) is 65.9 Å². The Morgan fingerprint density at radius 2 is 1.76 bits per heavy atom. The van der Waals surface area contributed by atoms with Crippen molar-refractivity contribution in [1.29, 1.82) is 0 Å². The maximum atomic E-state index is 12.3. The van der Waals surface area contributed by atoms with E-state index in [4.69, 9.17) is 18.9 Å². The zero-order valence-electron chi connectivity index (χ0n) is 17.5. The molecule has 2 bridgehead atoms. The first-order valence-electron chi connectivity index (χ1n) is 9.41. The van der Waals surface area contributed by atoms with Gasteiger partial charge in [0.1, 0.15) is 0 Å². The Morgan fingerprint density at radius 1 is 1.14 bits per heavy atom. The maximum Gasteiger partial charge on any atom is 0.416 e. The Labute approximate surface area is 171 Å². The highest BCUT2D eigenvalue weighted by Gasteiger charge is 2.49. The van der Waals surface area contributed by atoms with E-state index in [1.54, 1.807) is 34.6 Å². The van der Waals surface area contributed by atoms with Gasteiger partial charge in [0.25, 0.3) is 0 Å². The third-order valence-corrected chi connectivity index (χ3v) is 5.55. The lowest BCUT2D eigenvalue weighted by molar-refractivity contribution is -0.202. The lowest BCUT2D eigenvalue weighted by Gasteiger charge is -2.29. The number of aliphatic hydroxyl groups excluding tert-OH is 1. The molecule has 0 saturated carbocycles. The quantitative estimate of drug-likeness (QED) is 0.485. The van der Waals surface area contributed by atoms with Crippen LogP contribution in [0.5, 0.6) is 0 Å². The molecule has 0 radical (unpaired) electrons. The molecule has 1 amide bonds. The summed E-state index contributed by atoms with van der Waals surface area (Å²) in [4.78, 5) is 24.8. The molecule has 4 atom stereocenters. The van der Waals surface area contributed by atoms with Crippen LogP contribution < -0.4 is 5.73 Å². The highest BCUT2D eigenvalue weighted by Crippen LogP contribution is 2.33. The molecule has 2 fully saturated rings. The van der Waals surface area contributed by atoms with Gasteiger partial charge < -0.3 is 15.6 Å². The Bertz CT molecular complexity index is 733. The largest absolute Gasteiger partial charge is 0.465 e. The van der Waals surface area contributed by atoms with Crippen molar-refractivity contribution in [2.24, 2.45) is 16.6 Å². The minimum atomic E-state index is -4.49. The molecule has 12 heteroatoms. The first kappa shape index (κ1) is 24.0. The van der Waals surface area contributed by atoms with Gasteiger partial charge in [0.2, 0.25) is 5.91 Å². The molecule has 2 unspecified atom stereocenters. The molecule has 29 heavy (non-hydrogen) atoms. The minimum Gasteiger partial charge on any atom is -0.465 e. The Hall–Kier alpha value is -1.31. The number of hydrogen-bond acceptors (Lipinski definition) is 10. The van der Waals surface area contributed by atoms with E-state index >= 15 is 0 Å². The second-order valence-corrected chi connectivity index (χ2v) is 10.5. The number of esters is 1. The van der Waals surface area contributed by atoms with E-state index in [1.165, 1.54) is 4.90 Å². The summed E-state index contributed by atoms with van der Waals surface area (Å²) < 4.78 is 39.7. The smallest absolute Gasteiger partial charge is 0.416 e. The molecule has 0 aromatic carbocycles. The van der Waals surface area contributed by atoms with Gasteiger partial charge in [-0.1, -0.05) is 13.8 Å². The zero-order chi connectivity index (χ0) is 22.2. The summed E-state index contributed by atoms with van der Waals surface area (Å²) in [5.74, 6) is -0.995. The molecule has 2 saturated heterocycles. The normalized spacial score (nSPS) is 28.3. The Balaban J connectivity index is 1.92. The number of hydroxylamine groups is 2. The van der Waals surface area contributed by atoms with Crippen molar-refractivity contribution in [3.05, 3.63) is 0 Å². The SMILES string of the molecule is CC(C)(COC(=O)C(C)(C)C)COS(=O)(=O)ON1C(O)N2C[C@H]1CC[C@H]2C(N)=O. The van der Waals surface area contributed by atoms with Crippen LogP contribution in [0.25, 0.3) is 0 Å². The molecule has 11 nitrogen and oxygen atoms in total. The number of nitrogens with two attached hydrogens (primary N) is 1. The number of primary amides is 1. The van der Waals surface area contributed by atoms with E-state index in [0.717, 1.165) is 5.06 Å². The van der Waals surface area contributed by atoms with Crippen LogP contribution in [0.1, 0.15) is 47.5 Å². The van der Waals surface area contributed by atoms with E-state index in [2.05, 4.69) is 0 Å². The highest BCUT2D eigenvalue weighted by atomic mass is 32.3. The van der Waals surface area contributed by atoms with Crippen molar-refractivity contribution >= 4 is 22.3 Å². The summed E-state index contributed by atoms with van der Waals surface area (Å²) in [5, 5.41) is 11.2. The van der Waals surface area contributed by atoms with Crippen molar-refractivity contribution in [1.82, 2.24) is 9.96 Å². The van der Waals surface area contributed by atoms with Gasteiger partial charge in [-0.2, -0.15) is 12.7 Å². The lowest BCUT2D eigenvalue weighted by atomic mass is 9.95. The minimum absolute atomic E-state index is 0.0400. The third-order valence-electron chi connectivity index (χ3n) is 4.79. The molecule has 0 spiro atoms. The molecule has 2 aliphatic heterocycles. The predicted molar refractivity (Wildman–Crippen MR) is 101 cm³/mol. The average molecular weight is 438 g/mol. The third kappa shape index (κ3) is 6.09. The second-order valence-electron chi connectivity index (χ2n) is 9.29. The van der Waals surface area contributed by atoms with Crippen LogP contribution in [0, 0.1) is 10.8 Å². The number of piperidine rings is 1. The summed E-state index contributed by atoms with van der Waals surface area (Å²) >= 11 is 0. The van der Waals surface area contributed by atoms with E-state index in [1.807, 2.05) is 0 Å². The van der Waals surface area contributed by atoms with Gasteiger partial charge in [0, 0.05) is 12.0 Å². The van der Waals surface area contributed by atoms with E-state index in [-0.39, 0.29) is 19.8 Å². The monoisotopic (exact) mass is 437 g/mol. The number of fused-ring (bicyclic) bond motifs is 2. The fourth-order valence-electron chi connectivity index (χ4n) is 3.06. The van der Waals surface area contributed by atoms with Crippen LogP contribution in [-0.4, -0.2) is 73.6 Å². The number of rotatable bonds is 8. The number of hydrogen-bond donors (Lipinski definition) is 2. The van der Waals surface area contributed by atoms with Gasteiger partial charge >= 0.3 is 16.4 Å². The molecule has 168 valence electrons. The average Bonchev–Trinajstić information content (AvgIpc) is 2.81. The van der Waals surface area contributed by atoms with Gasteiger partial charge in [-0.25, -0.2) is 4.18 Å². The van der Waals surface area contributed by atoms with Crippen LogP contribution in [-0.2, 0) is 33.2 Å². The van der Waals surface area contributed by atoms with Crippen LogP contribution in [0.15, 0.2) is 0 Å². The number of amides is 1. The topological polar surface area (TPSA) is 149 Å². The first-order valence-corrected chi connectivity index (χ1v) is 10.7. The summed E-state index contributed by atoms with van der Waals surface area (Å²) in [6, 6.07) is -1.10. The Morgan fingerprint density at radius 3 is 2.31 bits per heavy atom. The van der Waals surface area contributed by atoms with Crippen molar-refractivity contribution in [3.8, 4) is 0 Å². The zero-order valence-corrected chi connectivity index (χ0v) is 18.3. The first-order chi connectivity index (χ1) is 13.1. The molecule has 0 aromatic rings. The van der Waals surface area contributed by atoms with Gasteiger partial charge in [0.15, 0.2) is 6.35 Å². The molecule has 0 aromatic heterocycles. The number of nitrogens with zero attached hydrogens (tertiary/aromatic N) is 2. The van der Waals surface area contributed by atoms with E-state index in [9.17, 15) is 23.1 Å². The number of ether oxygens (including phenoxy) is 1. The molecule has 2 rings (SSSR count). The van der Waals surface area contributed by atoms with Crippen LogP contribution in [0.2, 0.25) is 0 Å². The van der Waals surface area contributed by atoms with E-state index < -0.39 is 51.5 Å². The molecule has 2 aliphatic rings. The molecular formula is C17H31N3O8S. The summed E-state index contributed by atoms with van der Waals surface area (Å²) in [6.07, 6.45) is -0.603. The fourth-order valence-corrected chi connectivity index (χ4v) is 3.97. The van der Waals surface area contributed by atoms with Gasteiger partial charge in [-0.3, -0.25) is 14.5 Å². The van der Waals surface area contributed by atoms with Crippen molar-refractivity contribution in [3.63, 3.8) is 0 Å². The maximum absolute atomic E-state index is 12.3. The lowest BCUT2D eigenvalue weighted by Crippen LogP contribution is -2.50. The fraction of sp³-hybridized carbons (Fsp3) is 0.882. The van der Waals surface area contributed by atoms with Crippen molar-refractivity contribution < 1.29 is 36.3 Å². The van der Waals surface area contributed by atoms with Crippen LogP contribution in [0.4, 0.5) is 0 Å². The summed E-state index contributed by atoms with van der Waals surface area (Å²) in [6.45, 7) is 8.42. The van der Waals surface area contributed by atoms with Crippen molar-refractivity contribution in [2.75, 3.05) is 19.8 Å². The standard InChI is InChI=1S/C17H31N3O8S/c1-16(2,3)14(22)26-9-17(4,5)10-27-29(24,25)28-20-11-6-7-12(13(18)21)19(8-11)15(20)23/h11-12,15,23H,6-10H2,1-5H3,(H2,18,21)/t11-,12+,15?/m1/s1. The number of carbonyl (C=O) groups is 2. The van der Waals surface area contributed by atoms with Gasteiger partial charge in [-0.05, 0) is 33.6 Å². The number of aliphatic hydroxyl groups is 1. The molecule has 0 aliphatic carbocycles. The highest BCUT2D eigenvalue weighted by molar-refractivity contribution is 7.81. The second kappa shape index (κ2) is 8.44. The molecule has 2 heterocycles.